The van der Waals surface area contributed by atoms with E-state index in [9.17, 15) is 0 Å². The molecule has 0 bridgehead atoms. The number of aryl methyl sites for hydroxylation is 1. The molecule has 0 unspecified atom stereocenters. The first kappa shape index (κ1) is 12.9. The van der Waals surface area contributed by atoms with Gasteiger partial charge in [-0.25, -0.2) is 15.0 Å². The van der Waals surface area contributed by atoms with Crippen LogP contribution in [0.25, 0.3) is 0 Å². The molecule has 2 aromatic heterocycles. The van der Waals surface area contributed by atoms with Gasteiger partial charge in [-0.3, -0.25) is 4.98 Å². The Balaban J connectivity index is 1.56. The van der Waals surface area contributed by atoms with Gasteiger partial charge in [0.05, 0.1) is 18.9 Å². The van der Waals surface area contributed by atoms with Crippen molar-refractivity contribution in [3.8, 4) is 0 Å². The highest BCUT2D eigenvalue weighted by Crippen LogP contribution is 2.16. The van der Waals surface area contributed by atoms with Gasteiger partial charge in [-0.15, -0.1) is 0 Å². The van der Waals surface area contributed by atoms with Gasteiger partial charge in [-0.2, -0.15) is 0 Å². The van der Waals surface area contributed by atoms with Crippen molar-refractivity contribution >= 4 is 5.82 Å². The Morgan fingerprint density at radius 2 is 2.20 bits per heavy atom. The number of aromatic nitrogens is 4. The maximum Gasteiger partial charge on any atom is 0.147 e. The molecule has 0 N–H and O–H groups in total. The van der Waals surface area contributed by atoms with E-state index in [0.717, 1.165) is 44.0 Å². The zero-order valence-electron chi connectivity index (χ0n) is 11.2. The van der Waals surface area contributed by atoms with Crippen LogP contribution in [-0.2, 0) is 11.2 Å². The largest absolute Gasteiger partial charge is 0.375 e. The van der Waals surface area contributed by atoms with E-state index in [1.165, 1.54) is 0 Å². The number of morpholine rings is 1. The smallest absolute Gasteiger partial charge is 0.147 e. The minimum Gasteiger partial charge on any atom is -0.375 e. The lowest BCUT2D eigenvalue weighted by Gasteiger charge is -2.33. The Labute approximate surface area is 117 Å². The molecule has 1 atom stereocenters. The van der Waals surface area contributed by atoms with Crippen LogP contribution in [0.4, 0.5) is 5.82 Å². The summed E-state index contributed by atoms with van der Waals surface area (Å²) < 4.78 is 5.82. The highest BCUT2D eigenvalue weighted by molar-refractivity contribution is 5.35. The summed E-state index contributed by atoms with van der Waals surface area (Å²) in [6, 6.07) is 1.95. The molecular weight excluding hydrogens is 254 g/mol. The molecule has 0 spiro atoms. The first-order valence-electron chi connectivity index (χ1n) is 6.79. The van der Waals surface area contributed by atoms with Crippen LogP contribution < -0.4 is 4.90 Å². The highest BCUT2D eigenvalue weighted by Gasteiger charge is 2.21. The van der Waals surface area contributed by atoms with Crippen molar-refractivity contribution in [2.24, 2.45) is 0 Å². The van der Waals surface area contributed by atoms with E-state index in [0.29, 0.717) is 0 Å². The summed E-state index contributed by atoms with van der Waals surface area (Å²) in [5.41, 5.74) is 1.06. The third-order valence-corrected chi connectivity index (χ3v) is 3.38. The fraction of sp³-hybridized carbons (Fsp3) is 0.429. The van der Waals surface area contributed by atoms with Crippen LogP contribution in [0.2, 0.25) is 0 Å². The molecular formula is C14H17N5O. The molecule has 0 aromatic carbocycles. The van der Waals surface area contributed by atoms with Crippen molar-refractivity contribution in [1.29, 1.82) is 0 Å². The van der Waals surface area contributed by atoms with Crippen molar-refractivity contribution in [2.45, 2.75) is 18.9 Å². The second kappa shape index (κ2) is 6.38. The van der Waals surface area contributed by atoms with Crippen molar-refractivity contribution in [3.63, 3.8) is 0 Å². The molecule has 6 nitrogen and oxygen atoms in total. The Kier molecular flexibility index (Phi) is 4.13. The maximum absolute atomic E-state index is 5.82. The van der Waals surface area contributed by atoms with Gasteiger partial charge in [0.25, 0.3) is 0 Å². The summed E-state index contributed by atoms with van der Waals surface area (Å²) in [6.45, 7) is 2.44. The van der Waals surface area contributed by atoms with Crippen LogP contribution in [0.15, 0.2) is 37.2 Å². The van der Waals surface area contributed by atoms with Crippen LogP contribution >= 0.6 is 0 Å². The first-order chi connectivity index (χ1) is 9.92. The van der Waals surface area contributed by atoms with Gasteiger partial charge in [0, 0.05) is 37.4 Å². The molecule has 1 fully saturated rings. The first-order valence-corrected chi connectivity index (χ1v) is 6.79. The standard InChI is InChI=1S/C14H17N5O/c1(12-3-4-16-11-18-12)2-13-10-19(7-8-20-13)14-9-15-5-6-17-14/h3-6,9,11,13H,1-2,7-8,10H2/t13-/m0/s1. The van der Waals surface area contributed by atoms with E-state index >= 15 is 0 Å². The number of ether oxygens (including phenoxy) is 1. The van der Waals surface area contributed by atoms with Crippen LogP contribution in [0.1, 0.15) is 12.1 Å². The second-order valence-electron chi connectivity index (χ2n) is 4.74. The summed E-state index contributed by atoms with van der Waals surface area (Å²) in [5.74, 6) is 0.919. The normalized spacial score (nSPS) is 19.0. The van der Waals surface area contributed by atoms with Gasteiger partial charge < -0.3 is 9.64 Å². The molecule has 1 saturated heterocycles. The molecule has 0 saturated carbocycles. The molecule has 0 amide bonds. The van der Waals surface area contributed by atoms with E-state index < -0.39 is 0 Å². The van der Waals surface area contributed by atoms with Gasteiger partial charge in [0.15, 0.2) is 0 Å². The zero-order valence-corrected chi connectivity index (χ0v) is 11.2. The number of nitrogens with zero attached hydrogens (tertiary/aromatic N) is 5. The van der Waals surface area contributed by atoms with Gasteiger partial charge in [-0.1, -0.05) is 0 Å². The lowest BCUT2D eigenvalue weighted by atomic mass is 10.1. The number of hydrogen-bond acceptors (Lipinski definition) is 6. The van der Waals surface area contributed by atoms with E-state index in [1.54, 1.807) is 31.1 Å². The predicted octanol–water partition coefficient (Wildman–Crippen LogP) is 1.10. The average Bonchev–Trinajstić information content (AvgIpc) is 2.55. The van der Waals surface area contributed by atoms with E-state index in [4.69, 9.17) is 4.74 Å². The topological polar surface area (TPSA) is 64.0 Å². The van der Waals surface area contributed by atoms with E-state index in [2.05, 4.69) is 24.8 Å². The van der Waals surface area contributed by atoms with Crippen molar-refractivity contribution < 1.29 is 4.74 Å². The van der Waals surface area contributed by atoms with E-state index in [-0.39, 0.29) is 6.10 Å². The molecule has 2 aromatic rings. The summed E-state index contributed by atoms with van der Waals surface area (Å²) in [6.07, 6.45) is 10.6. The third-order valence-electron chi connectivity index (χ3n) is 3.38. The van der Waals surface area contributed by atoms with E-state index in [1.807, 2.05) is 6.07 Å². The Bertz CT molecular complexity index is 522. The fourth-order valence-electron chi connectivity index (χ4n) is 2.33. The number of anilines is 1. The fourth-order valence-corrected chi connectivity index (χ4v) is 2.33. The van der Waals surface area contributed by atoms with Gasteiger partial charge in [-0.05, 0) is 18.9 Å². The quantitative estimate of drug-likeness (QED) is 0.830. The lowest BCUT2D eigenvalue weighted by molar-refractivity contribution is 0.0350. The third kappa shape index (κ3) is 3.27. The maximum atomic E-state index is 5.82. The van der Waals surface area contributed by atoms with Crippen molar-refractivity contribution in [1.82, 2.24) is 19.9 Å². The Morgan fingerprint density at radius 3 is 3.00 bits per heavy atom. The zero-order chi connectivity index (χ0) is 13.6. The molecule has 3 rings (SSSR count). The monoisotopic (exact) mass is 271 g/mol. The highest BCUT2D eigenvalue weighted by atomic mass is 16.5. The van der Waals surface area contributed by atoms with Gasteiger partial charge in [0.2, 0.25) is 0 Å². The molecule has 20 heavy (non-hydrogen) atoms. The molecule has 1 aliphatic rings. The van der Waals surface area contributed by atoms with Crippen LogP contribution in [-0.4, -0.2) is 45.7 Å². The molecule has 104 valence electrons. The predicted molar refractivity (Wildman–Crippen MR) is 74.3 cm³/mol. The van der Waals surface area contributed by atoms with Crippen LogP contribution in [0.3, 0.4) is 0 Å². The van der Waals surface area contributed by atoms with Gasteiger partial charge >= 0.3 is 0 Å². The van der Waals surface area contributed by atoms with Gasteiger partial charge in [0.1, 0.15) is 12.1 Å². The number of rotatable bonds is 4. The summed E-state index contributed by atoms with van der Waals surface area (Å²) >= 11 is 0. The Hall–Kier alpha value is -2.08. The second-order valence-corrected chi connectivity index (χ2v) is 4.74. The molecule has 3 heterocycles. The molecule has 6 heteroatoms. The summed E-state index contributed by atoms with van der Waals surface area (Å²) in [7, 11) is 0. The van der Waals surface area contributed by atoms with Crippen LogP contribution in [0.5, 0.6) is 0 Å². The molecule has 1 aliphatic heterocycles. The van der Waals surface area contributed by atoms with Crippen LogP contribution in [0, 0.1) is 0 Å². The lowest BCUT2D eigenvalue weighted by Crippen LogP contribution is -2.43. The minimum atomic E-state index is 0.209. The van der Waals surface area contributed by atoms with Crippen molar-refractivity contribution in [3.05, 3.63) is 42.9 Å². The minimum absolute atomic E-state index is 0.209. The molecule has 0 aliphatic carbocycles. The number of hydrogen-bond donors (Lipinski definition) is 0. The molecule has 0 radical (unpaired) electrons. The summed E-state index contributed by atoms with van der Waals surface area (Å²) in [4.78, 5) is 18.8. The average molecular weight is 271 g/mol. The SMILES string of the molecule is c1cc(CC[C@H]2CN(c3cnccn3)CCO2)ncn1. The Morgan fingerprint density at radius 1 is 1.20 bits per heavy atom. The van der Waals surface area contributed by atoms with Crippen molar-refractivity contribution in [2.75, 3.05) is 24.6 Å². The summed E-state index contributed by atoms with van der Waals surface area (Å²) in [5, 5.41) is 0.